The van der Waals surface area contributed by atoms with Gasteiger partial charge in [0.2, 0.25) is 0 Å². The van der Waals surface area contributed by atoms with Gasteiger partial charge in [0.15, 0.2) is 0 Å². The molecule has 0 atom stereocenters. The first kappa shape index (κ1) is 16.3. The van der Waals surface area contributed by atoms with Crippen LogP contribution >= 0.6 is 12.2 Å². The highest BCUT2D eigenvalue weighted by atomic mass is 32.1. The molecule has 116 valence electrons. The van der Waals surface area contributed by atoms with Crippen molar-refractivity contribution in [3.05, 3.63) is 35.1 Å². The van der Waals surface area contributed by atoms with Crippen molar-refractivity contribution in [2.24, 2.45) is 5.73 Å². The lowest BCUT2D eigenvalue weighted by Crippen LogP contribution is -2.53. The van der Waals surface area contributed by atoms with E-state index in [1.807, 2.05) is 0 Å². The number of hydrogen-bond acceptors (Lipinski definition) is 3. The van der Waals surface area contributed by atoms with Gasteiger partial charge in [-0.1, -0.05) is 24.4 Å². The number of piperazine rings is 1. The van der Waals surface area contributed by atoms with Crippen LogP contribution < -0.4 is 5.73 Å². The number of thiocarbonyl (C=S) groups is 1. The first-order chi connectivity index (χ1) is 9.77. The highest BCUT2D eigenvalue weighted by molar-refractivity contribution is 7.80. The average Bonchev–Trinajstić information content (AvgIpc) is 2.40. The van der Waals surface area contributed by atoms with Crippen LogP contribution in [0, 0.1) is 5.82 Å². The fourth-order valence-corrected chi connectivity index (χ4v) is 2.77. The molecule has 0 saturated carbocycles. The highest BCUT2D eigenvalue weighted by Gasteiger charge is 2.26. The van der Waals surface area contributed by atoms with Crippen molar-refractivity contribution in [1.29, 1.82) is 0 Å². The second kappa shape index (κ2) is 6.38. The van der Waals surface area contributed by atoms with Gasteiger partial charge < -0.3 is 5.73 Å². The van der Waals surface area contributed by atoms with Crippen LogP contribution in [-0.4, -0.2) is 46.5 Å². The monoisotopic (exact) mass is 309 g/mol. The number of nitrogens with two attached hydrogens (primary N) is 1. The molecule has 21 heavy (non-hydrogen) atoms. The van der Waals surface area contributed by atoms with Gasteiger partial charge in [-0.25, -0.2) is 4.39 Å². The lowest BCUT2D eigenvalue weighted by atomic mass is 10.0. The summed E-state index contributed by atoms with van der Waals surface area (Å²) in [5.74, 6) is -0.224. The van der Waals surface area contributed by atoms with Crippen LogP contribution in [0.1, 0.15) is 31.9 Å². The van der Waals surface area contributed by atoms with Gasteiger partial charge in [0.1, 0.15) is 10.8 Å². The summed E-state index contributed by atoms with van der Waals surface area (Å²) in [6.07, 6.45) is 0. The minimum Gasteiger partial charge on any atom is -0.389 e. The van der Waals surface area contributed by atoms with Gasteiger partial charge in [-0.2, -0.15) is 0 Å². The van der Waals surface area contributed by atoms with E-state index in [0.29, 0.717) is 17.7 Å². The van der Waals surface area contributed by atoms with Crippen LogP contribution in [0.4, 0.5) is 4.39 Å². The summed E-state index contributed by atoms with van der Waals surface area (Å²) in [6.45, 7) is 11.3. The van der Waals surface area contributed by atoms with E-state index in [9.17, 15) is 4.39 Å². The lowest BCUT2D eigenvalue weighted by Gasteiger charge is -2.42. The van der Waals surface area contributed by atoms with E-state index >= 15 is 0 Å². The molecule has 1 aliphatic rings. The molecular weight excluding hydrogens is 285 g/mol. The van der Waals surface area contributed by atoms with Gasteiger partial charge in [0.05, 0.1) is 0 Å². The number of nitrogens with zero attached hydrogens (tertiary/aromatic N) is 2. The van der Waals surface area contributed by atoms with Gasteiger partial charge in [-0.15, -0.1) is 0 Å². The molecule has 1 aromatic carbocycles. The second-order valence-corrected chi connectivity index (χ2v) is 7.04. The van der Waals surface area contributed by atoms with Crippen molar-refractivity contribution < 1.29 is 4.39 Å². The van der Waals surface area contributed by atoms with E-state index in [-0.39, 0.29) is 16.3 Å². The SMILES string of the molecule is CC(C)(C)N1CCN(Cc2ccc(C(N)=S)cc2F)CC1. The van der Waals surface area contributed by atoms with E-state index in [0.717, 1.165) is 26.2 Å². The Morgan fingerprint density at radius 3 is 2.33 bits per heavy atom. The fraction of sp³-hybridized carbons (Fsp3) is 0.562. The van der Waals surface area contributed by atoms with Crippen LogP contribution in [0.15, 0.2) is 18.2 Å². The minimum atomic E-state index is -0.224. The maximum absolute atomic E-state index is 14.1. The number of benzene rings is 1. The molecule has 0 radical (unpaired) electrons. The molecule has 1 aromatic rings. The molecule has 1 heterocycles. The summed E-state index contributed by atoms with van der Waals surface area (Å²) in [5, 5.41) is 0. The molecule has 5 heteroatoms. The first-order valence-corrected chi connectivity index (χ1v) is 7.74. The Bertz CT molecular complexity index is 517. The summed E-state index contributed by atoms with van der Waals surface area (Å²) >= 11 is 4.87. The van der Waals surface area contributed by atoms with Crippen LogP contribution in [0.5, 0.6) is 0 Å². The molecule has 1 saturated heterocycles. The Hall–Kier alpha value is -1.04. The molecule has 2 rings (SSSR count). The van der Waals surface area contributed by atoms with E-state index in [1.165, 1.54) is 6.07 Å². The van der Waals surface area contributed by atoms with Crippen molar-refractivity contribution in [2.45, 2.75) is 32.9 Å². The van der Waals surface area contributed by atoms with Gasteiger partial charge in [0, 0.05) is 49.4 Å². The second-order valence-electron chi connectivity index (χ2n) is 6.60. The summed E-state index contributed by atoms with van der Waals surface area (Å²) in [4.78, 5) is 5.00. The standard InChI is InChI=1S/C16H24FN3S/c1-16(2,3)20-8-6-19(7-9-20)11-13-5-4-12(15(18)21)10-14(13)17/h4-5,10H,6-9,11H2,1-3H3,(H2,18,21). The maximum atomic E-state index is 14.1. The Labute approximate surface area is 131 Å². The van der Waals surface area contributed by atoms with Crippen LogP contribution in [0.2, 0.25) is 0 Å². The Morgan fingerprint density at radius 2 is 1.86 bits per heavy atom. The molecule has 0 amide bonds. The Morgan fingerprint density at radius 1 is 1.24 bits per heavy atom. The van der Waals surface area contributed by atoms with Crippen LogP contribution in [-0.2, 0) is 6.54 Å². The fourth-order valence-electron chi connectivity index (χ4n) is 2.65. The summed E-state index contributed by atoms with van der Waals surface area (Å²) in [6, 6.07) is 5.02. The third kappa shape index (κ3) is 4.22. The molecule has 0 unspecified atom stereocenters. The number of halogens is 1. The Kier molecular flexibility index (Phi) is 4.96. The number of rotatable bonds is 3. The van der Waals surface area contributed by atoms with E-state index in [1.54, 1.807) is 12.1 Å². The minimum absolute atomic E-state index is 0.204. The molecule has 1 aliphatic heterocycles. The predicted octanol–water partition coefficient (Wildman–Crippen LogP) is 2.38. The molecule has 0 spiro atoms. The summed E-state index contributed by atoms with van der Waals surface area (Å²) < 4.78 is 14.1. The maximum Gasteiger partial charge on any atom is 0.128 e. The highest BCUT2D eigenvalue weighted by Crippen LogP contribution is 2.18. The number of hydrogen-bond donors (Lipinski definition) is 1. The van der Waals surface area contributed by atoms with Crippen LogP contribution in [0.3, 0.4) is 0 Å². The molecule has 0 bridgehead atoms. The molecule has 2 N–H and O–H groups in total. The van der Waals surface area contributed by atoms with Crippen molar-refractivity contribution in [1.82, 2.24) is 9.80 Å². The molecule has 0 aliphatic carbocycles. The van der Waals surface area contributed by atoms with Crippen molar-refractivity contribution in [3.8, 4) is 0 Å². The molecule has 0 aromatic heterocycles. The zero-order chi connectivity index (χ0) is 15.6. The molecule has 1 fully saturated rings. The van der Waals surface area contributed by atoms with Crippen molar-refractivity contribution in [3.63, 3.8) is 0 Å². The van der Waals surface area contributed by atoms with E-state index in [2.05, 4.69) is 30.6 Å². The summed E-state index contributed by atoms with van der Waals surface area (Å²) in [5.41, 5.74) is 7.02. The molecule has 3 nitrogen and oxygen atoms in total. The third-order valence-electron chi connectivity index (χ3n) is 4.05. The third-order valence-corrected chi connectivity index (χ3v) is 4.29. The van der Waals surface area contributed by atoms with E-state index in [4.69, 9.17) is 18.0 Å². The first-order valence-electron chi connectivity index (χ1n) is 7.33. The predicted molar refractivity (Wildman–Crippen MR) is 88.9 cm³/mol. The normalized spacial score (nSPS) is 17.9. The summed E-state index contributed by atoms with van der Waals surface area (Å²) in [7, 11) is 0. The zero-order valence-corrected chi connectivity index (χ0v) is 13.8. The van der Waals surface area contributed by atoms with Gasteiger partial charge in [-0.05, 0) is 26.8 Å². The molecular formula is C16H24FN3S. The lowest BCUT2D eigenvalue weighted by molar-refractivity contribution is 0.0586. The smallest absolute Gasteiger partial charge is 0.128 e. The zero-order valence-electron chi connectivity index (χ0n) is 13.0. The quantitative estimate of drug-likeness (QED) is 0.869. The van der Waals surface area contributed by atoms with Gasteiger partial charge >= 0.3 is 0 Å². The van der Waals surface area contributed by atoms with E-state index < -0.39 is 0 Å². The van der Waals surface area contributed by atoms with Crippen LogP contribution in [0.25, 0.3) is 0 Å². The topological polar surface area (TPSA) is 32.5 Å². The van der Waals surface area contributed by atoms with Crippen molar-refractivity contribution in [2.75, 3.05) is 26.2 Å². The Balaban J connectivity index is 1.96. The average molecular weight is 309 g/mol. The van der Waals surface area contributed by atoms with Crippen molar-refractivity contribution >= 4 is 17.2 Å². The van der Waals surface area contributed by atoms with Gasteiger partial charge in [0.25, 0.3) is 0 Å². The van der Waals surface area contributed by atoms with Gasteiger partial charge in [-0.3, -0.25) is 9.80 Å². The largest absolute Gasteiger partial charge is 0.389 e.